The molecule has 2 heterocycles. The first kappa shape index (κ1) is 22.3. The number of nitrogens with one attached hydrogen (secondary N) is 1. The molecule has 9 heteroatoms. The second kappa shape index (κ2) is 8.06. The van der Waals surface area contributed by atoms with Crippen molar-refractivity contribution in [2.75, 3.05) is 13.1 Å². The van der Waals surface area contributed by atoms with Crippen LogP contribution >= 0.6 is 0 Å². The molecule has 2 aromatic carbocycles. The number of fused-ring (bicyclic) bond motifs is 2. The predicted molar refractivity (Wildman–Crippen MR) is 109 cm³/mol. The van der Waals surface area contributed by atoms with E-state index in [-0.39, 0.29) is 37.2 Å². The Morgan fingerprint density at radius 3 is 2.61 bits per heavy atom. The number of alkyl halides is 3. The van der Waals surface area contributed by atoms with Crippen molar-refractivity contribution in [2.45, 2.75) is 50.2 Å². The van der Waals surface area contributed by atoms with E-state index in [1.54, 1.807) is 0 Å². The zero-order valence-corrected chi connectivity index (χ0v) is 17.7. The molecule has 0 radical (unpaired) electrons. The molecule has 2 aliphatic heterocycles. The van der Waals surface area contributed by atoms with E-state index in [0.717, 1.165) is 18.2 Å². The standard InChI is InChI=1S/C24H23F5N2O2/c25-20-9-15-13-33-23(18(15)10-21(20)26)7-8-30-11-19(23)22(32)31(16-5-6-16)12-14-3-1-2-4-17(14)24(27,28)29/h1-4,9-10,16,19,30H,5-8,11-13H2. The highest BCUT2D eigenvalue weighted by Crippen LogP contribution is 2.48. The molecule has 2 fully saturated rings. The third-order valence-corrected chi connectivity index (χ3v) is 6.90. The molecule has 3 aliphatic rings. The van der Waals surface area contributed by atoms with Gasteiger partial charge in [-0.1, -0.05) is 18.2 Å². The van der Waals surface area contributed by atoms with Gasteiger partial charge in [-0.25, -0.2) is 8.78 Å². The first-order valence-electron chi connectivity index (χ1n) is 11.0. The number of carbonyl (C=O) groups excluding carboxylic acids is 1. The van der Waals surface area contributed by atoms with Gasteiger partial charge in [0.2, 0.25) is 5.91 Å². The maximum atomic E-state index is 14.1. The van der Waals surface area contributed by atoms with Crippen LogP contribution in [0.1, 0.15) is 41.5 Å². The van der Waals surface area contributed by atoms with Gasteiger partial charge in [-0.3, -0.25) is 4.79 Å². The van der Waals surface area contributed by atoms with Crippen LogP contribution in [0.5, 0.6) is 0 Å². The lowest BCUT2D eigenvalue weighted by molar-refractivity contribution is -0.158. The van der Waals surface area contributed by atoms with E-state index >= 15 is 0 Å². The molecule has 176 valence electrons. The van der Waals surface area contributed by atoms with Gasteiger partial charge in [0, 0.05) is 19.1 Å². The van der Waals surface area contributed by atoms with E-state index in [1.807, 2.05) is 0 Å². The Morgan fingerprint density at radius 1 is 1.15 bits per heavy atom. The molecule has 0 bridgehead atoms. The van der Waals surface area contributed by atoms with Gasteiger partial charge in [-0.2, -0.15) is 13.2 Å². The number of hydrogen-bond acceptors (Lipinski definition) is 3. The van der Waals surface area contributed by atoms with Crippen molar-refractivity contribution in [3.63, 3.8) is 0 Å². The maximum Gasteiger partial charge on any atom is 0.416 e. The molecule has 1 aliphatic carbocycles. The first-order valence-corrected chi connectivity index (χ1v) is 11.0. The number of halogens is 5. The fraction of sp³-hybridized carbons (Fsp3) is 0.458. The summed E-state index contributed by atoms with van der Waals surface area (Å²) >= 11 is 0. The Bertz CT molecular complexity index is 1090. The van der Waals surface area contributed by atoms with Crippen molar-refractivity contribution in [3.8, 4) is 0 Å². The van der Waals surface area contributed by atoms with E-state index in [0.29, 0.717) is 36.9 Å². The van der Waals surface area contributed by atoms with Gasteiger partial charge in [0.1, 0.15) is 5.60 Å². The van der Waals surface area contributed by atoms with E-state index in [2.05, 4.69) is 5.32 Å². The Morgan fingerprint density at radius 2 is 1.88 bits per heavy atom. The number of carbonyl (C=O) groups is 1. The molecule has 5 rings (SSSR count). The summed E-state index contributed by atoms with van der Waals surface area (Å²) in [5.74, 6) is -3.09. The minimum Gasteiger partial charge on any atom is -0.365 e. The number of piperidine rings is 1. The fourth-order valence-corrected chi connectivity index (χ4v) is 5.12. The Kier molecular flexibility index (Phi) is 5.44. The highest BCUT2D eigenvalue weighted by atomic mass is 19.4. The second-order valence-electron chi connectivity index (χ2n) is 8.96. The summed E-state index contributed by atoms with van der Waals surface area (Å²) in [5.41, 5.74) is -0.923. The molecule has 33 heavy (non-hydrogen) atoms. The van der Waals surface area contributed by atoms with Crippen molar-refractivity contribution in [1.82, 2.24) is 10.2 Å². The highest BCUT2D eigenvalue weighted by Gasteiger charge is 2.53. The number of amides is 1. The quantitative estimate of drug-likeness (QED) is 0.675. The third kappa shape index (κ3) is 3.91. The molecule has 1 saturated carbocycles. The zero-order valence-electron chi connectivity index (χ0n) is 17.7. The molecule has 2 atom stereocenters. The number of nitrogens with zero attached hydrogens (tertiary/aromatic N) is 1. The molecule has 2 aromatic rings. The van der Waals surface area contributed by atoms with Gasteiger partial charge in [-0.15, -0.1) is 0 Å². The SMILES string of the molecule is O=C(C1CNCCC12OCc1cc(F)c(F)cc12)N(Cc1ccccc1C(F)(F)F)C1CC1. The zero-order chi connectivity index (χ0) is 23.4. The molecule has 1 spiro atoms. The molecule has 4 nitrogen and oxygen atoms in total. The lowest BCUT2D eigenvalue weighted by Gasteiger charge is -2.43. The normalized spacial score (nSPS) is 24.7. The average Bonchev–Trinajstić information content (AvgIpc) is 3.57. The van der Waals surface area contributed by atoms with E-state index in [1.165, 1.54) is 23.1 Å². The topological polar surface area (TPSA) is 41.6 Å². The van der Waals surface area contributed by atoms with Gasteiger partial charge in [0.15, 0.2) is 11.6 Å². The molecule has 2 unspecified atom stereocenters. The summed E-state index contributed by atoms with van der Waals surface area (Å²) in [7, 11) is 0. The lowest BCUT2D eigenvalue weighted by Crippen LogP contribution is -2.55. The van der Waals surface area contributed by atoms with Crippen LogP contribution in [0.25, 0.3) is 0 Å². The minimum atomic E-state index is -4.53. The smallest absolute Gasteiger partial charge is 0.365 e. The van der Waals surface area contributed by atoms with Gasteiger partial charge in [-0.05, 0) is 60.7 Å². The Hall–Kier alpha value is -2.52. The van der Waals surface area contributed by atoms with Crippen LogP contribution in [0, 0.1) is 17.6 Å². The summed E-state index contributed by atoms with van der Waals surface area (Å²) in [6.45, 7) is 0.636. The molecular formula is C24H23F5N2O2. The van der Waals surface area contributed by atoms with Crippen LogP contribution in [0.15, 0.2) is 36.4 Å². The summed E-state index contributed by atoms with van der Waals surface area (Å²) < 4.78 is 74.6. The van der Waals surface area contributed by atoms with Crippen LogP contribution in [0.2, 0.25) is 0 Å². The summed E-state index contributed by atoms with van der Waals surface area (Å²) in [4.78, 5) is 15.3. The largest absolute Gasteiger partial charge is 0.416 e. The van der Waals surface area contributed by atoms with Crippen molar-refractivity contribution in [3.05, 3.63) is 70.3 Å². The van der Waals surface area contributed by atoms with Gasteiger partial charge < -0.3 is 15.0 Å². The number of benzene rings is 2. The van der Waals surface area contributed by atoms with Crippen molar-refractivity contribution >= 4 is 5.91 Å². The van der Waals surface area contributed by atoms with Crippen molar-refractivity contribution in [2.24, 2.45) is 5.92 Å². The molecule has 1 N–H and O–H groups in total. The average molecular weight is 466 g/mol. The van der Waals surface area contributed by atoms with E-state index in [9.17, 15) is 26.7 Å². The third-order valence-electron chi connectivity index (χ3n) is 6.90. The summed E-state index contributed by atoms with van der Waals surface area (Å²) in [5, 5.41) is 3.16. The minimum absolute atomic E-state index is 0.0314. The van der Waals surface area contributed by atoms with Gasteiger partial charge >= 0.3 is 6.18 Å². The van der Waals surface area contributed by atoms with E-state index < -0.39 is 34.9 Å². The van der Waals surface area contributed by atoms with Crippen LogP contribution in [0.3, 0.4) is 0 Å². The highest BCUT2D eigenvalue weighted by molar-refractivity contribution is 5.82. The van der Waals surface area contributed by atoms with Crippen molar-refractivity contribution < 1.29 is 31.5 Å². The Labute approximate surface area is 187 Å². The summed E-state index contributed by atoms with van der Waals surface area (Å²) in [6, 6.07) is 7.31. The van der Waals surface area contributed by atoms with Crippen LogP contribution < -0.4 is 5.32 Å². The maximum absolute atomic E-state index is 14.1. The predicted octanol–water partition coefficient (Wildman–Crippen LogP) is 4.51. The Balaban J connectivity index is 1.50. The van der Waals surface area contributed by atoms with Crippen molar-refractivity contribution in [1.29, 1.82) is 0 Å². The first-order chi connectivity index (χ1) is 15.7. The fourth-order valence-electron chi connectivity index (χ4n) is 5.12. The molecule has 0 aromatic heterocycles. The monoisotopic (exact) mass is 466 g/mol. The molecular weight excluding hydrogens is 443 g/mol. The van der Waals surface area contributed by atoms with Gasteiger partial charge in [0.05, 0.1) is 18.1 Å². The molecule has 1 amide bonds. The van der Waals surface area contributed by atoms with Crippen LogP contribution in [-0.2, 0) is 34.5 Å². The molecule has 1 saturated heterocycles. The number of rotatable bonds is 4. The number of ether oxygens (including phenoxy) is 1. The van der Waals surface area contributed by atoms with Gasteiger partial charge in [0.25, 0.3) is 0 Å². The van der Waals surface area contributed by atoms with Crippen LogP contribution in [0.4, 0.5) is 22.0 Å². The second-order valence-corrected chi connectivity index (χ2v) is 8.96. The van der Waals surface area contributed by atoms with Crippen LogP contribution in [-0.4, -0.2) is 29.9 Å². The van der Waals surface area contributed by atoms with E-state index in [4.69, 9.17) is 4.74 Å². The number of hydrogen-bond donors (Lipinski definition) is 1. The summed E-state index contributed by atoms with van der Waals surface area (Å²) in [6.07, 6.45) is -2.73. The lowest BCUT2D eigenvalue weighted by atomic mass is 9.75.